The Morgan fingerprint density at radius 3 is 2.51 bits per heavy atom. The van der Waals surface area contributed by atoms with Crippen molar-refractivity contribution in [3.05, 3.63) is 53.6 Å². The van der Waals surface area contributed by atoms with Crippen LogP contribution >= 0.6 is 0 Å². The molecule has 9 heteroatoms. The maximum absolute atomic E-state index is 14.3. The molecular weight excluding hydrogens is 522 g/mol. The minimum Gasteiger partial charge on any atom is -0.494 e. The second kappa shape index (κ2) is 11.4. The molecule has 3 fully saturated rings. The van der Waals surface area contributed by atoms with Crippen molar-refractivity contribution < 1.29 is 29.0 Å². The molecule has 3 saturated heterocycles. The number of hydrogen-bond donors (Lipinski definition) is 3. The first-order valence-corrected chi connectivity index (χ1v) is 14.6. The average Bonchev–Trinajstić information content (AvgIpc) is 3.58. The van der Waals surface area contributed by atoms with E-state index in [2.05, 4.69) is 10.6 Å². The van der Waals surface area contributed by atoms with Gasteiger partial charge in [-0.2, -0.15) is 0 Å². The molecule has 2 aromatic carbocycles. The molecule has 0 saturated carbocycles. The van der Waals surface area contributed by atoms with E-state index in [1.807, 2.05) is 52.8 Å². The Balaban J connectivity index is 1.48. The van der Waals surface area contributed by atoms with E-state index in [-0.39, 0.29) is 30.2 Å². The van der Waals surface area contributed by atoms with Crippen LogP contribution in [0, 0.1) is 31.6 Å². The summed E-state index contributed by atoms with van der Waals surface area (Å²) in [5, 5.41) is 16.4. The van der Waals surface area contributed by atoms with E-state index < -0.39 is 35.6 Å². The summed E-state index contributed by atoms with van der Waals surface area (Å²) < 4.78 is 12.0. The molecule has 2 aromatic rings. The highest BCUT2D eigenvalue weighted by Crippen LogP contribution is 2.59. The number of anilines is 2. The number of carbonyl (C=O) groups is 3. The molecule has 3 heterocycles. The molecule has 6 atom stereocenters. The summed E-state index contributed by atoms with van der Waals surface area (Å²) in [5.74, 6) is -1.66. The van der Waals surface area contributed by atoms with Crippen molar-refractivity contribution >= 4 is 29.1 Å². The standard InChI is InChI=1S/C32H41N3O6/c1-6-40-23-11-9-21(10-12-23)33-29(37)26-25-13-14-32(41-25)27(26)31(39)35(22(17-36)15-18(2)3)28(32)30(38)34-24-16-19(4)7-8-20(24)5/h7-12,16,18,22,25-28,36H,6,13-15,17H2,1-5H3,(H,33,37)(H,34,38)/t22-,25+,26-,27+,28?,32?/m1/s1. The number of rotatable bonds is 10. The van der Waals surface area contributed by atoms with E-state index in [0.29, 0.717) is 43.0 Å². The van der Waals surface area contributed by atoms with Gasteiger partial charge < -0.3 is 30.1 Å². The first kappa shape index (κ1) is 29.1. The first-order valence-electron chi connectivity index (χ1n) is 14.6. The zero-order valence-electron chi connectivity index (χ0n) is 24.5. The van der Waals surface area contributed by atoms with Crippen LogP contribution in [0.2, 0.25) is 0 Å². The normalized spacial score (nSPS) is 27.2. The van der Waals surface area contributed by atoms with Gasteiger partial charge >= 0.3 is 0 Å². The van der Waals surface area contributed by atoms with Crippen molar-refractivity contribution in [2.45, 2.75) is 77.7 Å². The van der Waals surface area contributed by atoms with Crippen molar-refractivity contribution in [2.75, 3.05) is 23.8 Å². The lowest BCUT2D eigenvalue weighted by molar-refractivity contribution is -0.143. The lowest BCUT2D eigenvalue weighted by Gasteiger charge is -2.37. The number of aliphatic hydroxyl groups is 1. The number of fused-ring (bicyclic) bond motifs is 1. The van der Waals surface area contributed by atoms with Gasteiger partial charge in [0.1, 0.15) is 17.4 Å². The van der Waals surface area contributed by atoms with Crippen molar-refractivity contribution in [2.24, 2.45) is 17.8 Å². The molecule has 5 rings (SSSR count). The van der Waals surface area contributed by atoms with Crippen molar-refractivity contribution in [3.63, 3.8) is 0 Å². The number of hydrogen-bond acceptors (Lipinski definition) is 6. The molecule has 41 heavy (non-hydrogen) atoms. The molecule has 2 bridgehead atoms. The Hall–Kier alpha value is -3.43. The zero-order valence-corrected chi connectivity index (χ0v) is 24.5. The lowest BCUT2D eigenvalue weighted by Crippen LogP contribution is -2.56. The molecule has 3 aliphatic rings. The van der Waals surface area contributed by atoms with Gasteiger partial charge in [-0.3, -0.25) is 14.4 Å². The maximum atomic E-state index is 14.3. The largest absolute Gasteiger partial charge is 0.494 e. The Morgan fingerprint density at radius 1 is 1.12 bits per heavy atom. The van der Waals surface area contributed by atoms with Crippen LogP contribution < -0.4 is 15.4 Å². The fraction of sp³-hybridized carbons (Fsp3) is 0.531. The fourth-order valence-corrected chi connectivity index (χ4v) is 7.00. The Labute approximate surface area is 241 Å². The van der Waals surface area contributed by atoms with Gasteiger partial charge in [0.15, 0.2) is 0 Å². The fourth-order valence-electron chi connectivity index (χ4n) is 7.00. The number of ether oxygens (including phenoxy) is 2. The SMILES string of the molecule is CCOc1ccc(NC(=O)[C@@H]2[C@@H]3CCC4(O3)C(C(=O)Nc3cc(C)ccc3C)N([C@@H](CO)CC(C)C)C(=O)[C@H]24)cc1. The predicted molar refractivity (Wildman–Crippen MR) is 156 cm³/mol. The number of nitrogens with zero attached hydrogens (tertiary/aromatic N) is 1. The second-order valence-electron chi connectivity index (χ2n) is 12.0. The molecule has 3 aliphatic heterocycles. The summed E-state index contributed by atoms with van der Waals surface area (Å²) in [5.41, 5.74) is 2.02. The van der Waals surface area contributed by atoms with Crippen molar-refractivity contribution in [1.82, 2.24) is 4.90 Å². The number of benzene rings is 2. The van der Waals surface area contributed by atoms with Crippen LogP contribution in [0.25, 0.3) is 0 Å². The summed E-state index contributed by atoms with van der Waals surface area (Å²) in [6, 6.07) is 11.4. The molecule has 220 valence electrons. The maximum Gasteiger partial charge on any atom is 0.250 e. The topological polar surface area (TPSA) is 117 Å². The van der Waals surface area contributed by atoms with Crippen LogP contribution in [-0.2, 0) is 19.1 Å². The van der Waals surface area contributed by atoms with Crippen molar-refractivity contribution in [3.8, 4) is 5.75 Å². The highest BCUT2D eigenvalue weighted by molar-refractivity contribution is 6.05. The number of aliphatic hydroxyl groups excluding tert-OH is 1. The molecule has 1 spiro atoms. The number of aryl methyl sites for hydroxylation is 2. The molecule has 0 radical (unpaired) electrons. The summed E-state index contributed by atoms with van der Waals surface area (Å²) in [7, 11) is 0. The third-order valence-corrected chi connectivity index (χ3v) is 8.72. The molecule has 0 aliphatic carbocycles. The van der Waals surface area contributed by atoms with Crippen LogP contribution in [0.15, 0.2) is 42.5 Å². The highest BCUT2D eigenvalue weighted by Gasteiger charge is 2.75. The van der Waals surface area contributed by atoms with Gasteiger partial charge in [-0.15, -0.1) is 0 Å². The average molecular weight is 564 g/mol. The Morgan fingerprint density at radius 2 is 1.85 bits per heavy atom. The van der Waals surface area contributed by atoms with Crippen LogP contribution in [0.4, 0.5) is 11.4 Å². The smallest absolute Gasteiger partial charge is 0.250 e. The number of nitrogens with one attached hydrogen (secondary N) is 2. The zero-order chi connectivity index (χ0) is 29.5. The highest BCUT2D eigenvalue weighted by atomic mass is 16.5. The summed E-state index contributed by atoms with van der Waals surface area (Å²) in [6.07, 6.45) is 1.11. The van der Waals surface area contributed by atoms with E-state index in [1.165, 1.54) is 4.90 Å². The van der Waals surface area contributed by atoms with Crippen LogP contribution in [0.3, 0.4) is 0 Å². The van der Waals surface area contributed by atoms with Gasteiger partial charge in [0.05, 0.1) is 37.2 Å². The summed E-state index contributed by atoms with van der Waals surface area (Å²) in [6.45, 7) is 10.1. The minimum atomic E-state index is -1.14. The lowest BCUT2D eigenvalue weighted by atomic mass is 9.70. The van der Waals surface area contributed by atoms with Gasteiger partial charge in [0.2, 0.25) is 17.7 Å². The van der Waals surface area contributed by atoms with E-state index in [0.717, 1.165) is 11.1 Å². The monoisotopic (exact) mass is 563 g/mol. The Kier molecular flexibility index (Phi) is 8.12. The van der Waals surface area contributed by atoms with E-state index >= 15 is 0 Å². The molecular formula is C32H41N3O6. The quantitative estimate of drug-likeness (QED) is 0.401. The van der Waals surface area contributed by atoms with E-state index in [1.54, 1.807) is 24.3 Å². The minimum absolute atomic E-state index is 0.177. The second-order valence-corrected chi connectivity index (χ2v) is 12.0. The van der Waals surface area contributed by atoms with E-state index in [9.17, 15) is 19.5 Å². The van der Waals surface area contributed by atoms with Gasteiger partial charge in [-0.05, 0) is 87.4 Å². The molecule has 3 amide bonds. The van der Waals surface area contributed by atoms with Gasteiger partial charge in [0, 0.05) is 11.4 Å². The van der Waals surface area contributed by atoms with Crippen LogP contribution in [0.5, 0.6) is 5.75 Å². The number of carbonyl (C=O) groups excluding carboxylic acids is 3. The van der Waals surface area contributed by atoms with Gasteiger partial charge in [-0.1, -0.05) is 26.0 Å². The van der Waals surface area contributed by atoms with Gasteiger partial charge in [0.25, 0.3) is 0 Å². The third-order valence-electron chi connectivity index (χ3n) is 8.72. The summed E-state index contributed by atoms with van der Waals surface area (Å²) >= 11 is 0. The van der Waals surface area contributed by atoms with Crippen LogP contribution in [0.1, 0.15) is 51.2 Å². The summed E-state index contributed by atoms with van der Waals surface area (Å²) in [4.78, 5) is 43.7. The third kappa shape index (κ3) is 5.21. The molecule has 3 N–H and O–H groups in total. The van der Waals surface area contributed by atoms with Crippen molar-refractivity contribution in [1.29, 1.82) is 0 Å². The van der Waals surface area contributed by atoms with Crippen LogP contribution in [-0.4, -0.2) is 64.7 Å². The predicted octanol–water partition coefficient (Wildman–Crippen LogP) is 4.06. The van der Waals surface area contributed by atoms with Gasteiger partial charge in [-0.25, -0.2) is 0 Å². The molecule has 2 unspecified atom stereocenters. The van der Waals surface area contributed by atoms with E-state index in [4.69, 9.17) is 9.47 Å². The first-order chi connectivity index (χ1) is 19.6. The molecule has 9 nitrogen and oxygen atoms in total. The molecule has 0 aromatic heterocycles. The number of amides is 3. The number of likely N-dealkylation sites (tertiary alicyclic amines) is 1. The Bertz CT molecular complexity index is 1310.